The van der Waals surface area contributed by atoms with Gasteiger partial charge in [0.15, 0.2) is 23.3 Å². The number of nitrogens with zero attached hydrogens (tertiary/aromatic N) is 4. The minimum absolute atomic E-state index is 0.0628. The van der Waals surface area contributed by atoms with Gasteiger partial charge in [0.25, 0.3) is 0 Å². The zero-order valence-corrected chi connectivity index (χ0v) is 24.5. The maximum absolute atomic E-state index is 12.0. The summed E-state index contributed by atoms with van der Waals surface area (Å²) in [4.78, 5) is 12.6. The van der Waals surface area contributed by atoms with Crippen LogP contribution < -0.4 is 5.73 Å². The van der Waals surface area contributed by atoms with Crippen molar-refractivity contribution in [1.82, 2.24) is 19.5 Å². The van der Waals surface area contributed by atoms with Crippen molar-refractivity contribution in [3.05, 3.63) is 12.7 Å². The van der Waals surface area contributed by atoms with Crippen LogP contribution in [0, 0.1) is 0 Å². The number of imidazole rings is 1. The Bertz CT molecular complexity index is 1070. The van der Waals surface area contributed by atoms with E-state index in [4.69, 9.17) is 23.4 Å². The number of aliphatic hydroxyl groups is 2. The number of aromatic nitrogens is 4. The molecule has 2 aliphatic heterocycles. The van der Waals surface area contributed by atoms with Crippen LogP contribution in [0.15, 0.2) is 12.7 Å². The molecule has 0 aromatic carbocycles. The zero-order valence-electron chi connectivity index (χ0n) is 22.5. The average molecular weight is 540 g/mol. The Morgan fingerprint density at radius 1 is 1.03 bits per heavy atom. The van der Waals surface area contributed by atoms with Gasteiger partial charge < -0.3 is 33.7 Å². The maximum atomic E-state index is 12.0. The first-order chi connectivity index (χ1) is 16.8. The smallest absolute Gasteiger partial charge is 0.335 e. The molecule has 11 nitrogen and oxygen atoms in total. The molecule has 2 aromatic heterocycles. The number of rotatable bonds is 6. The van der Waals surface area contributed by atoms with Crippen LogP contribution >= 0.6 is 0 Å². The average Bonchev–Trinajstić information content (AvgIpc) is 3.33. The van der Waals surface area contributed by atoms with Crippen LogP contribution in [0.2, 0.25) is 22.2 Å². The summed E-state index contributed by atoms with van der Waals surface area (Å²) in [5, 5.41) is 22.6. The van der Waals surface area contributed by atoms with Crippen LogP contribution in [0.5, 0.6) is 0 Å². The molecule has 202 valence electrons. The van der Waals surface area contributed by atoms with Crippen LogP contribution in [-0.2, 0) is 17.7 Å². The highest BCUT2D eigenvalue weighted by Gasteiger charge is 2.65. The topological polar surface area (TPSA) is 147 Å². The van der Waals surface area contributed by atoms with Gasteiger partial charge in [0, 0.05) is 0 Å². The molecule has 4 N–H and O–H groups in total. The van der Waals surface area contributed by atoms with Gasteiger partial charge in [-0.2, -0.15) is 0 Å². The Morgan fingerprint density at radius 3 is 2.19 bits per heavy atom. The SMILES string of the molecule is CC(C)[Si]1(C(C)C)OC[C@H]2O[C@@H](n3cnc4c(N)ncnc43)[C@@](O)(CO)[C@@H]2O[Si](C(C)C)(C(C)C)O1. The molecule has 4 heterocycles. The highest BCUT2D eigenvalue weighted by Crippen LogP contribution is 2.50. The summed E-state index contributed by atoms with van der Waals surface area (Å²) >= 11 is 0. The van der Waals surface area contributed by atoms with Crippen LogP contribution in [0.1, 0.15) is 61.6 Å². The molecule has 0 radical (unpaired) electrons. The molecule has 0 aliphatic carbocycles. The fraction of sp³-hybridized carbons (Fsp3) is 0.783. The quantitative estimate of drug-likeness (QED) is 0.468. The minimum Gasteiger partial charge on any atom is -0.414 e. The number of ether oxygens (including phenoxy) is 1. The Kier molecular flexibility index (Phi) is 7.42. The number of nitrogen functional groups attached to an aromatic ring is 1. The molecule has 36 heavy (non-hydrogen) atoms. The number of anilines is 1. The van der Waals surface area contributed by atoms with Gasteiger partial charge in [0.2, 0.25) is 0 Å². The summed E-state index contributed by atoms with van der Waals surface area (Å²) in [5.41, 5.74) is 5.45. The van der Waals surface area contributed by atoms with E-state index in [0.717, 1.165) is 0 Å². The largest absolute Gasteiger partial charge is 0.414 e. The summed E-state index contributed by atoms with van der Waals surface area (Å²) < 4.78 is 29.0. The fourth-order valence-electron chi connectivity index (χ4n) is 5.76. The Labute approximate surface area is 214 Å². The molecule has 0 saturated carbocycles. The third kappa shape index (κ3) is 4.04. The lowest BCUT2D eigenvalue weighted by Gasteiger charge is -2.52. The van der Waals surface area contributed by atoms with Gasteiger partial charge in [-0.25, -0.2) is 15.0 Å². The minimum atomic E-state index is -3.03. The Morgan fingerprint density at radius 2 is 1.64 bits per heavy atom. The van der Waals surface area contributed by atoms with Crippen LogP contribution in [0.3, 0.4) is 0 Å². The molecule has 2 aliphatic rings. The summed E-state index contributed by atoms with van der Waals surface area (Å²) in [6.45, 7) is 16.6. The third-order valence-corrected chi connectivity index (χ3v) is 18.0. The first-order valence-electron chi connectivity index (χ1n) is 12.8. The fourth-order valence-corrected chi connectivity index (χ4v) is 17.0. The molecule has 13 heteroatoms. The van der Waals surface area contributed by atoms with Crippen LogP contribution in [0.4, 0.5) is 5.82 Å². The first kappa shape index (κ1) is 27.6. The highest BCUT2D eigenvalue weighted by atomic mass is 28.5. The number of fused-ring (bicyclic) bond motifs is 2. The second kappa shape index (κ2) is 9.69. The number of aliphatic hydroxyl groups excluding tert-OH is 1. The second-order valence-corrected chi connectivity index (χ2v) is 20.1. The molecule has 4 atom stereocenters. The lowest BCUT2D eigenvalue weighted by Crippen LogP contribution is -2.67. The molecular weight excluding hydrogens is 498 g/mol. The van der Waals surface area contributed by atoms with Crippen molar-refractivity contribution >= 4 is 34.1 Å². The second-order valence-electron chi connectivity index (χ2n) is 11.3. The van der Waals surface area contributed by atoms with Crippen molar-refractivity contribution < 1.29 is 27.9 Å². The van der Waals surface area contributed by atoms with Gasteiger partial charge in [-0.15, -0.1) is 0 Å². The predicted molar refractivity (Wildman–Crippen MR) is 139 cm³/mol. The maximum Gasteiger partial charge on any atom is 0.335 e. The molecular formula is C23H41N5O6Si2. The van der Waals surface area contributed by atoms with E-state index in [1.807, 2.05) is 0 Å². The van der Waals surface area contributed by atoms with E-state index < -0.39 is 47.8 Å². The lowest BCUT2D eigenvalue weighted by molar-refractivity contribution is -0.131. The van der Waals surface area contributed by atoms with Crippen LogP contribution in [0.25, 0.3) is 11.2 Å². The molecule has 0 unspecified atom stereocenters. The number of hydrogen-bond donors (Lipinski definition) is 3. The van der Waals surface area contributed by atoms with Crippen molar-refractivity contribution in [3.8, 4) is 0 Å². The Balaban J connectivity index is 1.85. The van der Waals surface area contributed by atoms with Crippen molar-refractivity contribution in [2.45, 2.75) is 102 Å². The molecule has 4 rings (SSSR count). The van der Waals surface area contributed by atoms with Crippen LogP contribution in [-0.4, -0.2) is 77.9 Å². The molecule has 0 spiro atoms. The standard InChI is InChI=1S/C23H41N5O6Si2/c1-13(2)35(14(3)4)31-9-17-19(33-36(34-35,15(5)6)16(7)8)23(30,10-29)22(32-17)28-12-27-18-20(24)25-11-26-21(18)28/h11-17,19,22,29-30H,9-10H2,1-8H3,(H2,24,25,26)/t17-,19-,22-,23-/m1/s1. The molecule has 0 bridgehead atoms. The summed E-state index contributed by atoms with van der Waals surface area (Å²) in [7, 11) is -5.81. The Hall–Kier alpha value is -1.46. The first-order valence-corrected chi connectivity index (χ1v) is 16.7. The third-order valence-electron chi connectivity index (χ3n) is 7.78. The molecule has 2 aromatic rings. The van der Waals surface area contributed by atoms with Gasteiger partial charge in [-0.1, -0.05) is 55.4 Å². The summed E-state index contributed by atoms with van der Waals surface area (Å²) in [6, 6.07) is 0. The number of nitrogens with two attached hydrogens (primary N) is 1. The van der Waals surface area contributed by atoms with Gasteiger partial charge in [0.1, 0.15) is 24.1 Å². The van der Waals surface area contributed by atoms with Crippen molar-refractivity contribution in [1.29, 1.82) is 0 Å². The lowest BCUT2D eigenvalue weighted by atomic mass is 9.95. The van der Waals surface area contributed by atoms with Crippen molar-refractivity contribution in [2.75, 3.05) is 18.9 Å². The summed E-state index contributed by atoms with van der Waals surface area (Å²) in [5.74, 6) is 0.221. The molecule has 2 fully saturated rings. The van der Waals surface area contributed by atoms with Gasteiger partial charge in [0.05, 0.1) is 19.5 Å². The monoisotopic (exact) mass is 539 g/mol. The van der Waals surface area contributed by atoms with E-state index in [1.165, 1.54) is 12.7 Å². The number of hydrogen-bond acceptors (Lipinski definition) is 10. The van der Waals surface area contributed by atoms with Crippen molar-refractivity contribution in [2.24, 2.45) is 0 Å². The normalized spacial score (nSPS) is 30.3. The van der Waals surface area contributed by atoms with Gasteiger partial charge in [-0.05, 0) is 22.2 Å². The van der Waals surface area contributed by atoms with E-state index in [2.05, 4.69) is 70.3 Å². The molecule has 0 amide bonds. The van der Waals surface area contributed by atoms with E-state index in [0.29, 0.717) is 11.2 Å². The van der Waals surface area contributed by atoms with E-state index >= 15 is 0 Å². The van der Waals surface area contributed by atoms with E-state index in [-0.39, 0.29) is 34.6 Å². The summed E-state index contributed by atoms with van der Waals surface area (Å²) in [6.07, 6.45) is 0.279. The van der Waals surface area contributed by atoms with Gasteiger partial charge >= 0.3 is 17.1 Å². The van der Waals surface area contributed by atoms with E-state index in [9.17, 15) is 10.2 Å². The molecule has 2 saturated heterocycles. The van der Waals surface area contributed by atoms with Crippen molar-refractivity contribution in [3.63, 3.8) is 0 Å². The predicted octanol–water partition coefficient (Wildman–Crippen LogP) is 2.99. The van der Waals surface area contributed by atoms with E-state index in [1.54, 1.807) is 4.57 Å². The van der Waals surface area contributed by atoms with Gasteiger partial charge in [-0.3, -0.25) is 4.57 Å². The highest BCUT2D eigenvalue weighted by molar-refractivity contribution is 6.84. The zero-order chi connectivity index (χ0) is 26.6.